The van der Waals surface area contributed by atoms with Crippen LogP contribution in [0, 0.1) is 11.8 Å². The number of carboxylic acid groups (broad SMARTS) is 1. The zero-order valence-electron chi connectivity index (χ0n) is 14.6. The van der Waals surface area contributed by atoms with E-state index in [1.54, 1.807) is 0 Å². The van der Waals surface area contributed by atoms with E-state index in [1.807, 2.05) is 0 Å². The Morgan fingerprint density at radius 1 is 1.30 bits per heavy atom. The topological polar surface area (TPSA) is 107 Å². The van der Waals surface area contributed by atoms with Crippen LogP contribution < -0.4 is 5.73 Å². The van der Waals surface area contributed by atoms with Gasteiger partial charge >= 0.3 is 13.1 Å². The molecule has 0 aliphatic carbocycles. The normalized spacial score (nSPS) is 19.7. The van der Waals surface area contributed by atoms with Crippen LogP contribution in [0.2, 0.25) is 6.32 Å². The smallest absolute Gasteiger partial charge is 0.451 e. The summed E-state index contributed by atoms with van der Waals surface area (Å²) in [5.74, 6) is -0.251. The van der Waals surface area contributed by atoms with Crippen molar-refractivity contribution in [2.24, 2.45) is 17.6 Å². The van der Waals surface area contributed by atoms with Crippen molar-refractivity contribution in [3.05, 3.63) is 0 Å². The lowest BCUT2D eigenvalue weighted by molar-refractivity contribution is -0.147. The van der Waals surface area contributed by atoms with E-state index in [1.165, 1.54) is 6.42 Å². The Balaban J connectivity index is 2.47. The summed E-state index contributed by atoms with van der Waals surface area (Å²) in [6.07, 6.45) is 4.66. The fourth-order valence-corrected chi connectivity index (χ4v) is 3.34. The van der Waals surface area contributed by atoms with Gasteiger partial charge in [0.05, 0.1) is 0 Å². The molecule has 1 saturated heterocycles. The molecule has 134 valence electrons. The number of unbranched alkanes of at least 4 members (excludes halogenated alkanes) is 1. The van der Waals surface area contributed by atoms with Gasteiger partial charge in [0.1, 0.15) is 5.54 Å². The van der Waals surface area contributed by atoms with E-state index in [-0.39, 0.29) is 12.2 Å². The van der Waals surface area contributed by atoms with E-state index in [2.05, 4.69) is 18.7 Å². The lowest BCUT2D eigenvalue weighted by Gasteiger charge is -2.40. The molecule has 0 spiro atoms. The van der Waals surface area contributed by atoms with Crippen molar-refractivity contribution in [3.63, 3.8) is 0 Å². The summed E-state index contributed by atoms with van der Waals surface area (Å²) in [5, 5.41) is 27.3. The second kappa shape index (κ2) is 9.62. The van der Waals surface area contributed by atoms with Gasteiger partial charge in [-0.2, -0.15) is 0 Å². The molecule has 1 heterocycles. The molecule has 1 unspecified atom stereocenters. The maximum Gasteiger partial charge on any atom is 0.451 e. The fraction of sp³-hybridized carbons (Fsp3) is 0.938. The zero-order valence-corrected chi connectivity index (χ0v) is 14.6. The Morgan fingerprint density at radius 2 is 1.91 bits per heavy atom. The number of carbonyl (C=O) groups is 1. The van der Waals surface area contributed by atoms with E-state index in [0.29, 0.717) is 25.2 Å². The maximum atomic E-state index is 11.7. The Kier molecular flexibility index (Phi) is 8.54. The molecule has 0 aromatic heterocycles. The molecule has 0 aromatic carbocycles. The van der Waals surface area contributed by atoms with Crippen molar-refractivity contribution in [1.29, 1.82) is 0 Å². The average molecular weight is 328 g/mol. The van der Waals surface area contributed by atoms with Crippen LogP contribution in [-0.4, -0.2) is 58.3 Å². The van der Waals surface area contributed by atoms with Gasteiger partial charge in [0.25, 0.3) is 0 Å². The third-order valence-corrected chi connectivity index (χ3v) is 5.04. The Morgan fingerprint density at radius 3 is 2.39 bits per heavy atom. The number of hydrogen-bond acceptors (Lipinski definition) is 5. The van der Waals surface area contributed by atoms with Crippen molar-refractivity contribution in [2.75, 3.05) is 19.6 Å². The van der Waals surface area contributed by atoms with Crippen molar-refractivity contribution < 1.29 is 19.9 Å². The van der Waals surface area contributed by atoms with Gasteiger partial charge in [-0.1, -0.05) is 26.7 Å². The van der Waals surface area contributed by atoms with Crippen LogP contribution in [0.3, 0.4) is 0 Å². The Hall–Kier alpha value is -0.625. The summed E-state index contributed by atoms with van der Waals surface area (Å²) in [4.78, 5) is 14.1. The van der Waals surface area contributed by atoms with Crippen molar-refractivity contribution in [2.45, 2.75) is 64.2 Å². The number of piperidine rings is 1. The lowest BCUT2D eigenvalue weighted by Crippen LogP contribution is -2.57. The molecular formula is C16H33BN2O4. The van der Waals surface area contributed by atoms with Crippen molar-refractivity contribution in [3.8, 4) is 0 Å². The molecule has 1 rings (SSSR count). The molecule has 0 radical (unpaired) electrons. The van der Waals surface area contributed by atoms with E-state index in [4.69, 9.17) is 15.8 Å². The highest BCUT2D eigenvalue weighted by Crippen LogP contribution is 2.31. The van der Waals surface area contributed by atoms with Crippen LogP contribution in [0.1, 0.15) is 52.4 Å². The summed E-state index contributed by atoms with van der Waals surface area (Å²) in [7, 11) is -1.32. The molecule has 0 aromatic rings. The number of hydrogen-bond donors (Lipinski definition) is 4. The number of likely N-dealkylation sites (tertiary alicyclic amines) is 1. The number of nitrogens with two attached hydrogens (primary N) is 1. The lowest BCUT2D eigenvalue weighted by atomic mass is 9.74. The largest absolute Gasteiger partial charge is 0.480 e. The summed E-state index contributed by atoms with van der Waals surface area (Å²) in [6, 6.07) is 0. The number of aliphatic carboxylic acids is 1. The number of nitrogens with zero attached hydrogens (tertiary/aromatic N) is 1. The standard InChI is InChI=1S/C16H33BN2O4/c1-13(2)5-10-19-11-6-14(7-12-19)16(18,15(20)21)8-3-4-9-17(22)23/h13-14,22-23H,3-12,18H2,1-2H3,(H,20,21). The van der Waals surface area contributed by atoms with Crippen molar-refractivity contribution >= 4 is 13.1 Å². The minimum absolute atomic E-state index is 0.00523. The second-order valence-electron chi connectivity index (χ2n) is 7.37. The summed E-state index contributed by atoms with van der Waals surface area (Å²) in [6.45, 7) is 7.33. The van der Waals surface area contributed by atoms with Gasteiger partial charge < -0.3 is 25.8 Å². The van der Waals surface area contributed by atoms with Gasteiger partial charge in [-0.3, -0.25) is 4.79 Å². The van der Waals surface area contributed by atoms with Crippen LogP contribution in [-0.2, 0) is 4.79 Å². The predicted octanol–water partition coefficient (Wildman–Crippen LogP) is 1.17. The first-order valence-electron chi connectivity index (χ1n) is 8.86. The molecule has 7 heteroatoms. The van der Waals surface area contributed by atoms with Gasteiger partial charge in [0, 0.05) is 0 Å². The van der Waals surface area contributed by atoms with Crippen LogP contribution in [0.15, 0.2) is 0 Å². The molecule has 5 N–H and O–H groups in total. The summed E-state index contributed by atoms with van der Waals surface area (Å²) < 4.78 is 0. The molecule has 1 fully saturated rings. The van der Waals surface area contributed by atoms with Gasteiger partial charge in [-0.15, -0.1) is 0 Å². The average Bonchev–Trinajstić information content (AvgIpc) is 2.49. The predicted molar refractivity (Wildman–Crippen MR) is 92.0 cm³/mol. The van der Waals surface area contributed by atoms with E-state index < -0.39 is 18.6 Å². The number of carboxylic acids is 1. The highest BCUT2D eigenvalue weighted by atomic mass is 16.4. The molecule has 6 nitrogen and oxygen atoms in total. The Bertz CT molecular complexity index is 360. The first kappa shape index (κ1) is 20.4. The molecule has 0 bridgehead atoms. The minimum Gasteiger partial charge on any atom is -0.480 e. The third kappa shape index (κ3) is 6.79. The molecular weight excluding hydrogens is 295 g/mol. The summed E-state index contributed by atoms with van der Waals surface area (Å²) in [5.41, 5.74) is 5.07. The van der Waals surface area contributed by atoms with E-state index in [0.717, 1.165) is 32.5 Å². The van der Waals surface area contributed by atoms with Crippen LogP contribution in [0.4, 0.5) is 0 Å². The molecule has 0 amide bonds. The second-order valence-corrected chi connectivity index (χ2v) is 7.37. The van der Waals surface area contributed by atoms with Gasteiger partial charge in [-0.25, -0.2) is 0 Å². The highest BCUT2D eigenvalue weighted by Gasteiger charge is 2.42. The van der Waals surface area contributed by atoms with Crippen LogP contribution >= 0.6 is 0 Å². The molecule has 0 saturated carbocycles. The first-order chi connectivity index (χ1) is 10.8. The zero-order chi connectivity index (χ0) is 17.5. The molecule has 1 aliphatic rings. The van der Waals surface area contributed by atoms with Gasteiger partial charge in [0.15, 0.2) is 0 Å². The molecule has 23 heavy (non-hydrogen) atoms. The first-order valence-corrected chi connectivity index (χ1v) is 8.86. The van der Waals surface area contributed by atoms with Crippen LogP contribution in [0.25, 0.3) is 0 Å². The maximum absolute atomic E-state index is 11.7. The Labute approximate surface area is 140 Å². The van der Waals surface area contributed by atoms with Gasteiger partial charge in [-0.05, 0) is 63.5 Å². The van der Waals surface area contributed by atoms with Crippen molar-refractivity contribution in [1.82, 2.24) is 4.90 Å². The minimum atomic E-state index is -1.32. The highest BCUT2D eigenvalue weighted by molar-refractivity contribution is 6.40. The molecule has 1 aliphatic heterocycles. The third-order valence-electron chi connectivity index (χ3n) is 5.04. The SMILES string of the molecule is CC(C)CCN1CCC(C(N)(CCCCB(O)O)C(=O)O)CC1. The van der Waals surface area contributed by atoms with Crippen LogP contribution in [0.5, 0.6) is 0 Å². The van der Waals surface area contributed by atoms with E-state index in [9.17, 15) is 9.90 Å². The summed E-state index contributed by atoms with van der Waals surface area (Å²) >= 11 is 0. The quantitative estimate of drug-likeness (QED) is 0.354. The molecule has 1 atom stereocenters. The van der Waals surface area contributed by atoms with Gasteiger partial charge in [0.2, 0.25) is 0 Å². The fourth-order valence-electron chi connectivity index (χ4n) is 3.34. The number of rotatable bonds is 10. The van der Waals surface area contributed by atoms with E-state index >= 15 is 0 Å². The monoisotopic (exact) mass is 328 g/mol.